The van der Waals surface area contributed by atoms with Crippen molar-refractivity contribution < 1.29 is 0 Å². The molecule has 1 unspecified atom stereocenters. The van der Waals surface area contributed by atoms with Crippen LogP contribution in [-0.4, -0.2) is 48.6 Å². The van der Waals surface area contributed by atoms with E-state index >= 15 is 0 Å². The topological polar surface area (TPSA) is 18.5 Å². The SMILES string of the molecule is CC1CN(Cc2ccccc2)CCN1CCNCc1ccccc1. The number of hydrogen-bond donors (Lipinski definition) is 1. The third-order valence-electron chi connectivity index (χ3n) is 4.85. The third kappa shape index (κ3) is 5.17. The Hall–Kier alpha value is -1.68. The van der Waals surface area contributed by atoms with Crippen molar-refractivity contribution in [3.8, 4) is 0 Å². The first-order chi connectivity index (χ1) is 11.8. The van der Waals surface area contributed by atoms with Crippen molar-refractivity contribution >= 4 is 0 Å². The Morgan fingerprint density at radius 2 is 1.58 bits per heavy atom. The molecule has 1 fully saturated rings. The smallest absolute Gasteiger partial charge is 0.0234 e. The fourth-order valence-corrected chi connectivity index (χ4v) is 3.44. The molecule has 1 atom stereocenters. The zero-order valence-electron chi connectivity index (χ0n) is 14.7. The molecule has 0 aliphatic carbocycles. The summed E-state index contributed by atoms with van der Waals surface area (Å²) in [7, 11) is 0. The van der Waals surface area contributed by atoms with Gasteiger partial charge in [-0.1, -0.05) is 60.7 Å². The van der Waals surface area contributed by atoms with Gasteiger partial charge in [-0.2, -0.15) is 0 Å². The quantitative estimate of drug-likeness (QED) is 0.790. The lowest BCUT2D eigenvalue weighted by molar-refractivity contribution is 0.0797. The Kier molecular flexibility index (Phi) is 6.41. The summed E-state index contributed by atoms with van der Waals surface area (Å²) in [5.74, 6) is 0. The van der Waals surface area contributed by atoms with E-state index in [0.717, 1.165) is 39.3 Å². The molecule has 3 heteroatoms. The van der Waals surface area contributed by atoms with Crippen LogP contribution in [0, 0.1) is 0 Å². The summed E-state index contributed by atoms with van der Waals surface area (Å²) >= 11 is 0. The lowest BCUT2D eigenvalue weighted by Gasteiger charge is -2.40. The van der Waals surface area contributed by atoms with Gasteiger partial charge in [0.2, 0.25) is 0 Å². The monoisotopic (exact) mass is 323 g/mol. The number of hydrogen-bond acceptors (Lipinski definition) is 3. The largest absolute Gasteiger partial charge is 0.311 e. The van der Waals surface area contributed by atoms with E-state index in [2.05, 4.69) is 82.7 Å². The zero-order valence-corrected chi connectivity index (χ0v) is 14.7. The highest BCUT2D eigenvalue weighted by molar-refractivity contribution is 5.15. The van der Waals surface area contributed by atoms with E-state index in [0.29, 0.717) is 6.04 Å². The van der Waals surface area contributed by atoms with Gasteiger partial charge in [0.15, 0.2) is 0 Å². The van der Waals surface area contributed by atoms with Gasteiger partial charge in [-0.25, -0.2) is 0 Å². The molecule has 0 spiro atoms. The van der Waals surface area contributed by atoms with Crippen LogP contribution in [0.1, 0.15) is 18.1 Å². The molecule has 0 amide bonds. The Morgan fingerprint density at radius 1 is 0.917 bits per heavy atom. The molecule has 0 saturated carbocycles. The van der Waals surface area contributed by atoms with E-state index in [1.165, 1.54) is 17.7 Å². The van der Waals surface area contributed by atoms with Gasteiger partial charge in [-0.05, 0) is 18.1 Å². The Morgan fingerprint density at radius 3 is 2.25 bits per heavy atom. The van der Waals surface area contributed by atoms with E-state index in [4.69, 9.17) is 0 Å². The molecule has 1 N–H and O–H groups in total. The summed E-state index contributed by atoms with van der Waals surface area (Å²) < 4.78 is 0. The summed E-state index contributed by atoms with van der Waals surface area (Å²) in [5, 5.41) is 3.57. The van der Waals surface area contributed by atoms with Gasteiger partial charge in [0, 0.05) is 51.9 Å². The van der Waals surface area contributed by atoms with E-state index in [9.17, 15) is 0 Å². The third-order valence-corrected chi connectivity index (χ3v) is 4.85. The summed E-state index contributed by atoms with van der Waals surface area (Å²) in [6, 6.07) is 22.1. The van der Waals surface area contributed by atoms with Gasteiger partial charge in [-0.3, -0.25) is 9.80 Å². The first-order valence-corrected chi connectivity index (χ1v) is 9.06. The second-order valence-electron chi connectivity index (χ2n) is 6.77. The van der Waals surface area contributed by atoms with Crippen LogP contribution in [0.5, 0.6) is 0 Å². The number of benzene rings is 2. The molecule has 3 nitrogen and oxygen atoms in total. The van der Waals surface area contributed by atoms with E-state index in [1.54, 1.807) is 0 Å². The van der Waals surface area contributed by atoms with Gasteiger partial charge in [-0.15, -0.1) is 0 Å². The van der Waals surface area contributed by atoms with Gasteiger partial charge in [0.1, 0.15) is 0 Å². The summed E-state index contributed by atoms with van der Waals surface area (Å²) in [6.45, 7) is 10.1. The maximum atomic E-state index is 3.57. The Balaban J connectivity index is 1.36. The fraction of sp³-hybridized carbons (Fsp3) is 0.429. The van der Waals surface area contributed by atoms with Crippen molar-refractivity contribution in [1.82, 2.24) is 15.1 Å². The molecule has 24 heavy (non-hydrogen) atoms. The minimum Gasteiger partial charge on any atom is -0.311 e. The number of nitrogens with zero attached hydrogens (tertiary/aromatic N) is 2. The summed E-state index contributed by atoms with van der Waals surface area (Å²) in [6.07, 6.45) is 0. The standard InChI is InChI=1S/C21H29N3/c1-19-17-23(18-21-10-6-3-7-11-21)14-15-24(19)13-12-22-16-20-8-4-2-5-9-20/h2-11,19,22H,12-18H2,1H3. The van der Waals surface area contributed by atoms with Crippen molar-refractivity contribution in [2.24, 2.45) is 0 Å². The van der Waals surface area contributed by atoms with Crippen LogP contribution >= 0.6 is 0 Å². The van der Waals surface area contributed by atoms with Crippen molar-refractivity contribution in [2.45, 2.75) is 26.1 Å². The highest BCUT2D eigenvalue weighted by Crippen LogP contribution is 2.12. The van der Waals surface area contributed by atoms with Crippen LogP contribution in [0.25, 0.3) is 0 Å². The van der Waals surface area contributed by atoms with Crippen molar-refractivity contribution in [1.29, 1.82) is 0 Å². The zero-order chi connectivity index (χ0) is 16.6. The molecule has 1 aliphatic rings. The van der Waals surface area contributed by atoms with E-state index < -0.39 is 0 Å². The van der Waals surface area contributed by atoms with Crippen LogP contribution < -0.4 is 5.32 Å². The van der Waals surface area contributed by atoms with E-state index in [1.807, 2.05) is 0 Å². The van der Waals surface area contributed by atoms with Gasteiger partial charge < -0.3 is 5.32 Å². The molecule has 0 bridgehead atoms. The molecule has 0 radical (unpaired) electrons. The molecule has 128 valence electrons. The maximum Gasteiger partial charge on any atom is 0.0234 e. The molecule has 1 heterocycles. The average molecular weight is 323 g/mol. The van der Waals surface area contributed by atoms with Crippen LogP contribution in [0.3, 0.4) is 0 Å². The lowest BCUT2D eigenvalue weighted by Crippen LogP contribution is -2.52. The molecule has 2 aromatic carbocycles. The van der Waals surface area contributed by atoms with Crippen molar-refractivity contribution in [3.63, 3.8) is 0 Å². The molecular formula is C21H29N3. The average Bonchev–Trinajstić information content (AvgIpc) is 2.62. The van der Waals surface area contributed by atoms with Crippen molar-refractivity contribution in [3.05, 3.63) is 71.8 Å². The Bertz CT molecular complexity index is 583. The summed E-state index contributed by atoms with van der Waals surface area (Å²) in [5.41, 5.74) is 2.78. The van der Waals surface area contributed by atoms with Crippen LogP contribution in [0.4, 0.5) is 0 Å². The van der Waals surface area contributed by atoms with Gasteiger partial charge >= 0.3 is 0 Å². The first kappa shape index (κ1) is 17.2. The maximum absolute atomic E-state index is 3.57. The lowest BCUT2D eigenvalue weighted by atomic mass is 10.1. The molecule has 0 aromatic heterocycles. The number of piperazine rings is 1. The highest BCUT2D eigenvalue weighted by Gasteiger charge is 2.22. The fourth-order valence-electron chi connectivity index (χ4n) is 3.44. The van der Waals surface area contributed by atoms with Gasteiger partial charge in [0.25, 0.3) is 0 Å². The summed E-state index contributed by atoms with van der Waals surface area (Å²) in [4.78, 5) is 5.19. The number of rotatable bonds is 7. The molecule has 2 aromatic rings. The van der Waals surface area contributed by atoms with Crippen LogP contribution in [0.2, 0.25) is 0 Å². The molecule has 1 aliphatic heterocycles. The minimum absolute atomic E-state index is 0.626. The predicted octanol–water partition coefficient (Wildman–Crippen LogP) is 2.98. The normalized spacial score (nSPS) is 19.5. The molecular weight excluding hydrogens is 294 g/mol. The highest BCUT2D eigenvalue weighted by atomic mass is 15.3. The van der Waals surface area contributed by atoms with Gasteiger partial charge in [0.05, 0.1) is 0 Å². The Labute approximate surface area is 146 Å². The van der Waals surface area contributed by atoms with E-state index in [-0.39, 0.29) is 0 Å². The van der Waals surface area contributed by atoms with Crippen LogP contribution in [0.15, 0.2) is 60.7 Å². The van der Waals surface area contributed by atoms with Crippen LogP contribution in [-0.2, 0) is 13.1 Å². The second kappa shape index (κ2) is 8.97. The van der Waals surface area contributed by atoms with Crippen molar-refractivity contribution in [2.75, 3.05) is 32.7 Å². The molecule has 3 rings (SSSR count). The predicted molar refractivity (Wildman–Crippen MR) is 101 cm³/mol. The molecule has 1 saturated heterocycles. The first-order valence-electron chi connectivity index (χ1n) is 9.06. The number of nitrogens with one attached hydrogen (secondary N) is 1. The minimum atomic E-state index is 0.626. The second-order valence-corrected chi connectivity index (χ2v) is 6.77.